The lowest BCUT2D eigenvalue weighted by Crippen LogP contribution is -2.26. The van der Waals surface area contributed by atoms with Gasteiger partial charge in [-0.2, -0.15) is 0 Å². The Morgan fingerprint density at radius 1 is 1.57 bits per heavy atom. The number of carbonyl (C=O) groups is 1. The molecule has 2 rings (SSSR count). The molecule has 0 aromatic heterocycles. The van der Waals surface area contributed by atoms with Crippen molar-refractivity contribution in [3.8, 4) is 0 Å². The molecule has 14 heavy (non-hydrogen) atoms. The minimum atomic E-state index is -0.571. The molecule has 0 aromatic rings. The molecule has 2 aliphatic rings. The number of carboxylic acids is 1. The summed E-state index contributed by atoms with van der Waals surface area (Å²) in [4.78, 5) is 13.3. The van der Waals surface area contributed by atoms with Crippen LogP contribution in [-0.2, 0) is 4.79 Å². The van der Waals surface area contributed by atoms with Gasteiger partial charge in [-0.15, -0.1) is 0 Å². The summed E-state index contributed by atoms with van der Waals surface area (Å²) in [5.74, 6) is -0.571. The second-order valence-electron chi connectivity index (χ2n) is 4.90. The molecule has 1 N–H and O–H groups in total. The highest BCUT2D eigenvalue weighted by Gasteiger charge is 2.49. The van der Waals surface area contributed by atoms with Crippen molar-refractivity contribution in [1.82, 2.24) is 4.90 Å². The second kappa shape index (κ2) is 3.54. The zero-order valence-corrected chi connectivity index (χ0v) is 8.83. The zero-order valence-electron chi connectivity index (χ0n) is 8.83. The lowest BCUT2D eigenvalue weighted by atomic mass is 9.96. The molecule has 1 unspecified atom stereocenters. The summed E-state index contributed by atoms with van der Waals surface area (Å²) in [5, 5.41) is 9.03. The van der Waals surface area contributed by atoms with Gasteiger partial charge < -0.3 is 10.0 Å². The molecule has 1 saturated carbocycles. The van der Waals surface area contributed by atoms with Crippen LogP contribution in [-0.4, -0.2) is 35.6 Å². The van der Waals surface area contributed by atoms with E-state index >= 15 is 0 Å². The van der Waals surface area contributed by atoms with Crippen LogP contribution >= 0.6 is 0 Å². The number of likely N-dealkylation sites (tertiary alicyclic amines) is 1. The Hall–Kier alpha value is -0.570. The summed E-state index contributed by atoms with van der Waals surface area (Å²) in [7, 11) is 2.15. The average Bonchev–Trinajstić information content (AvgIpc) is 2.83. The third kappa shape index (κ3) is 1.78. The quantitative estimate of drug-likeness (QED) is 0.746. The predicted molar refractivity (Wildman–Crippen MR) is 54.2 cm³/mol. The lowest BCUT2D eigenvalue weighted by molar-refractivity contribution is -0.143. The maximum atomic E-state index is 11.0. The van der Waals surface area contributed by atoms with Crippen molar-refractivity contribution in [2.24, 2.45) is 5.41 Å². The molecule has 0 amide bonds. The van der Waals surface area contributed by atoms with E-state index in [1.54, 1.807) is 0 Å². The van der Waals surface area contributed by atoms with Gasteiger partial charge in [0.15, 0.2) is 0 Å². The van der Waals surface area contributed by atoms with E-state index in [0.717, 1.165) is 25.7 Å². The van der Waals surface area contributed by atoms with Crippen molar-refractivity contribution in [2.45, 2.75) is 44.6 Å². The molecule has 1 saturated heterocycles. The SMILES string of the molecule is CN1CCCC1CCC1(C(=O)O)CC1. The molecule has 1 aliphatic heterocycles. The molecule has 0 radical (unpaired) electrons. The minimum absolute atomic E-state index is 0.316. The van der Waals surface area contributed by atoms with Crippen LogP contribution < -0.4 is 0 Å². The third-order valence-corrected chi connectivity index (χ3v) is 3.93. The first-order chi connectivity index (χ1) is 6.64. The summed E-state index contributed by atoms with van der Waals surface area (Å²) >= 11 is 0. The van der Waals surface area contributed by atoms with Gasteiger partial charge in [-0.05, 0) is 52.1 Å². The van der Waals surface area contributed by atoms with E-state index in [1.807, 2.05) is 0 Å². The highest BCUT2D eigenvalue weighted by molar-refractivity contribution is 5.77. The summed E-state index contributed by atoms with van der Waals surface area (Å²) in [6, 6.07) is 0.645. The number of carboxylic acid groups (broad SMARTS) is 1. The molecule has 2 fully saturated rings. The van der Waals surface area contributed by atoms with Gasteiger partial charge >= 0.3 is 5.97 Å². The van der Waals surface area contributed by atoms with E-state index in [1.165, 1.54) is 19.4 Å². The summed E-state index contributed by atoms with van der Waals surface area (Å²) < 4.78 is 0. The minimum Gasteiger partial charge on any atom is -0.481 e. The molecule has 80 valence electrons. The number of nitrogens with zero attached hydrogens (tertiary/aromatic N) is 1. The zero-order chi connectivity index (χ0) is 10.2. The monoisotopic (exact) mass is 197 g/mol. The third-order valence-electron chi connectivity index (χ3n) is 3.93. The molecule has 1 atom stereocenters. The van der Waals surface area contributed by atoms with Crippen LogP contribution in [0, 0.1) is 5.41 Å². The van der Waals surface area contributed by atoms with Gasteiger partial charge in [0, 0.05) is 6.04 Å². The van der Waals surface area contributed by atoms with Gasteiger partial charge in [-0.1, -0.05) is 0 Å². The fourth-order valence-electron chi connectivity index (χ4n) is 2.51. The first-order valence-electron chi connectivity index (χ1n) is 5.58. The largest absolute Gasteiger partial charge is 0.481 e. The normalized spacial score (nSPS) is 30.5. The van der Waals surface area contributed by atoms with E-state index in [-0.39, 0.29) is 5.41 Å². The van der Waals surface area contributed by atoms with Crippen LogP contribution in [0.2, 0.25) is 0 Å². The molecule has 0 spiro atoms. The molecule has 3 heteroatoms. The van der Waals surface area contributed by atoms with Gasteiger partial charge in [0.2, 0.25) is 0 Å². The molecule has 0 bridgehead atoms. The Morgan fingerprint density at radius 3 is 2.71 bits per heavy atom. The Morgan fingerprint density at radius 2 is 2.29 bits per heavy atom. The average molecular weight is 197 g/mol. The van der Waals surface area contributed by atoms with Crippen LogP contribution in [0.5, 0.6) is 0 Å². The first-order valence-corrected chi connectivity index (χ1v) is 5.58. The van der Waals surface area contributed by atoms with Crippen LogP contribution in [0.25, 0.3) is 0 Å². The van der Waals surface area contributed by atoms with Crippen LogP contribution in [0.4, 0.5) is 0 Å². The molecule has 1 aliphatic carbocycles. The fourth-order valence-corrected chi connectivity index (χ4v) is 2.51. The number of hydrogen-bond donors (Lipinski definition) is 1. The van der Waals surface area contributed by atoms with Crippen molar-refractivity contribution in [2.75, 3.05) is 13.6 Å². The summed E-state index contributed by atoms with van der Waals surface area (Å²) in [6.45, 7) is 1.19. The Bertz CT molecular complexity index is 235. The summed E-state index contributed by atoms with van der Waals surface area (Å²) in [5.41, 5.74) is -0.316. The molecular formula is C11H19NO2. The topological polar surface area (TPSA) is 40.5 Å². The number of aliphatic carboxylic acids is 1. The van der Waals surface area contributed by atoms with Crippen LogP contribution in [0.1, 0.15) is 38.5 Å². The molecule has 1 heterocycles. The van der Waals surface area contributed by atoms with E-state index in [2.05, 4.69) is 11.9 Å². The van der Waals surface area contributed by atoms with E-state index in [9.17, 15) is 4.79 Å². The molecule has 0 aromatic carbocycles. The Labute approximate surface area is 85.1 Å². The summed E-state index contributed by atoms with van der Waals surface area (Å²) in [6.07, 6.45) is 6.30. The van der Waals surface area contributed by atoms with Crippen molar-refractivity contribution in [3.05, 3.63) is 0 Å². The van der Waals surface area contributed by atoms with Crippen molar-refractivity contribution >= 4 is 5.97 Å². The smallest absolute Gasteiger partial charge is 0.309 e. The van der Waals surface area contributed by atoms with Gasteiger partial charge in [0.1, 0.15) is 0 Å². The van der Waals surface area contributed by atoms with E-state index in [4.69, 9.17) is 5.11 Å². The predicted octanol–water partition coefficient (Wildman–Crippen LogP) is 1.73. The Balaban J connectivity index is 1.79. The lowest BCUT2D eigenvalue weighted by Gasteiger charge is -2.20. The van der Waals surface area contributed by atoms with Crippen molar-refractivity contribution < 1.29 is 9.90 Å². The van der Waals surface area contributed by atoms with E-state index in [0.29, 0.717) is 6.04 Å². The fraction of sp³-hybridized carbons (Fsp3) is 0.909. The maximum Gasteiger partial charge on any atom is 0.309 e. The second-order valence-corrected chi connectivity index (χ2v) is 4.90. The highest BCUT2D eigenvalue weighted by Crippen LogP contribution is 2.50. The van der Waals surface area contributed by atoms with Crippen molar-refractivity contribution in [1.29, 1.82) is 0 Å². The Kier molecular flexibility index (Phi) is 2.52. The first kappa shape index (κ1) is 9.97. The number of rotatable bonds is 4. The molecular weight excluding hydrogens is 178 g/mol. The highest BCUT2D eigenvalue weighted by atomic mass is 16.4. The maximum absolute atomic E-state index is 11.0. The van der Waals surface area contributed by atoms with Gasteiger partial charge in [0.25, 0.3) is 0 Å². The van der Waals surface area contributed by atoms with Crippen molar-refractivity contribution in [3.63, 3.8) is 0 Å². The van der Waals surface area contributed by atoms with E-state index < -0.39 is 5.97 Å². The van der Waals surface area contributed by atoms with Gasteiger partial charge in [-0.3, -0.25) is 4.79 Å². The number of hydrogen-bond acceptors (Lipinski definition) is 2. The van der Waals surface area contributed by atoms with Gasteiger partial charge in [-0.25, -0.2) is 0 Å². The standard InChI is InChI=1S/C11H19NO2/c1-12-8-2-3-9(12)4-5-11(6-7-11)10(13)14/h9H,2-8H2,1H3,(H,13,14). The van der Waals surface area contributed by atoms with Crippen LogP contribution in [0.3, 0.4) is 0 Å². The molecule has 3 nitrogen and oxygen atoms in total. The van der Waals surface area contributed by atoms with Gasteiger partial charge in [0.05, 0.1) is 5.41 Å². The van der Waals surface area contributed by atoms with Crippen LogP contribution in [0.15, 0.2) is 0 Å².